The molecule has 0 aliphatic heterocycles. The molecule has 3 aromatic rings. The zero-order valence-electron chi connectivity index (χ0n) is 13.4. The summed E-state index contributed by atoms with van der Waals surface area (Å²) in [7, 11) is 0. The number of halogens is 1. The van der Waals surface area contributed by atoms with Crippen molar-refractivity contribution >= 4 is 50.8 Å². The van der Waals surface area contributed by atoms with Crippen LogP contribution in [0, 0.1) is 0 Å². The summed E-state index contributed by atoms with van der Waals surface area (Å²) in [4.78, 5) is 23.6. The Hall–Kier alpha value is -1.63. The van der Waals surface area contributed by atoms with Gasteiger partial charge in [-0.05, 0) is 55.5 Å². The van der Waals surface area contributed by atoms with Crippen molar-refractivity contribution in [1.82, 2.24) is 15.3 Å². The van der Waals surface area contributed by atoms with Crippen molar-refractivity contribution in [2.24, 2.45) is 0 Å². The topological polar surface area (TPSA) is 54.9 Å². The highest BCUT2D eigenvalue weighted by Crippen LogP contribution is 2.38. The second-order valence-electron chi connectivity index (χ2n) is 5.87. The Balaban J connectivity index is 1.49. The second-order valence-corrected chi connectivity index (χ2v) is 8.36. The third-order valence-electron chi connectivity index (χ3n) is 4.26. The molecule has 2 heterocycles. The molecule has 1 N–H and O–H groups in total. The summed E-state index contributed by atoms with van der Waals surface area (Å²) in [5.41, 5.74) is 2.02. The average molecular weight is 390 g/mol. The third-order valence-corrected chi connectivity index (χ3v) is 6.59. The van der Waals surface area contributed by atoms with E-state index in [2.05, 4.69) is 15.3 Å². The number of rotatable bonds is 4. The summed E-state index contributed by atoms with van der Waals surface area (Å²) in [5, 5.41) is 5.70. The summed E-state index contributed by atoms with van der Waals surface area (Å²) >= 11 is 9.19. The van der Waals surface area contributed by atoms with Crippen molar-refractivity contribution in [1.29, 1.82) is 0 Å². The minimum absolute atomic E-state index is 0.109. The van der Waals surface area contributed by atoms with Gasteiger partial charge in [-0.2, -0.15) is 0 Å². The van der Waals surface area contributed by atoms with Crippen LogP contribution in [0.3, 0.4) is 0 Å². The molecule has 2 aromatic heterocycles. The molecule has 0 bridgehead atoms. The molecule has 0 spiro atoms. The molecule has 1 aliphatic carbocycles. The van der Waals surface area contributed by atoms with Crippen molar-refractivity contribution in [3.63, 3.8) is 0 Å². The van der Waals surface area contributed by atoms with Gasteiger partial charge in [0, 0.05) is 20.8 Å². The molecular formula is C18H16ClN3OS2. The van der Waals surface area contributed by atoms with E-state index in [-0.39, 0.29) is 5.91 Å². The van der Waals surface area contributed by atoms with Gasteiger partial charge in [0.05, 0.1) is 5.88 Å². The van der Waals surface area contributed by atoms with E-state index in [0.717, 1.165) is 22.7 Å². The van der Waals surface area contributed by atoms with Gasteiger partial charge in [0.1, 0.15) is 16.2 Å². The molecule has 0 saturated heterocycles. The number of carbonyl (C=O) groups excluding carboxylic acids is 1. The number of fused-ring (bicyclic) bond motifs is 3. The van der Waals surface area contributed by atoms with Crippen LogP contribution in [-0.4, -0.2) is 21.8 Å². The van der Waals surface area contributed by atoms with Gasteiger partial charge in [-0.25, -0.2) is 9.97 Å². The van der Waals surface area contributed by atoms with Crippen molar-refractivity contribution in [3.8, 4) is 0 Å². The fourth-order valence-corrected chi connectivity index (χ4v) is 5.29. The summed E-state index contributed by atoms with van der Waals surface area (Å²) in [6.07, 6.45) is 6.35. The van der Waals surface area contributed by atoms with Crippen LogP contribution in [0.5, 0.6) is 0 Å². The number of hydrogen-bond acceptors (Lipinski definition) is 5. The predicted molar refractivity (Wildman–Crippen MR) is 104 cm³/mol. The number of thiophene rings is 1. The van der Waals surface area contributed by atoms with Crippen molar-refractivity contribution < 1.29 is 4.79 Å². The summed E-state index contributed by atoms with van der Waals surface area (Å²) in [5.74, 6) is 0.361. The molecular weight excluding hydrogens is 374 g/mol. The molecule has 1 amide bonds. The maximum absolute atomic E-state index is 12.2. The van der Waals surface area contributed by atoms with E-state index in [9.17, 15) is 4.79 Å². The first kappa shape index (κ1) is 16.8. The Kier molecular flexibility index (Phi) is 4.92. The van der Waals surface area contributed by atoms with E-state index >= 15 is 0 Å². The van der Waals surface area contributed by atoms with Crippen LogP contribution in [0.1, 0.15) is 33.6 Å². The standard InChI is InChI=1S/C18H16ClN3OS2/c19-12-7-5-11(6-8-12)16(23)22-10-24-17-15-13-3-1-2-4-14(13)25-18(15)21-9-20-17/h5-9H,1-4,10H2,(H,22,23). The Morgan fingerprint density at radius 1 is 1.20 bits per heavy atom. The van der Waals surface area contributed by atoms with Gasteiger partial charge >= 0.3 is 0 Å². The molecule has 0 atom stereocenters. The number of nitrogens with one attached hydrogen (secondary N) is 1. The van der Waals surface area contributed by atoms with E-state index in [1.807, 2.05) is 0 Å². The lowest BCUT2D eigenvalue weighted by atomic mass is 9.97. The molecule has 1 aromatic carbocycles. The zero-order chi connectivity index (χ0) is 17.2. The molecule has 0 unspecified atom stereocenters. The minimum Gasteiger partial charge on any atom is -0.343 e. The van der Waals surface area contributed by atoms with Gasteiger partial charge in [-0.3, -0.25) is 4.79 Å². The van der Waals surface area contributed by atoms with E-state index < -0.39 is 0 Å². The highest BCUT2D eigenvalue weighted by atomic mass is 35.5. The molecule has 25 heavy (non-hydrogen) atoms. The van der Waals surface area contributed by atoms with Crippen LogP contribution in [0.15, 0.2) is 35.6 Å². The maximum Gasteiger partial charge on any atom is 0.251 e. The largest absolute Gasteiger partial charge is 0.343 e. The number of nitrogens with zero attached hydrogens (tertiary/aromatic N) is 2. The van der Waals surface area contributed by atoms with Crippen molar-refractivity contribution in [2.75, 3.05) is 5.88 Å². The third kappa shape index (κ3) is 3.52. The van der Waals surface area contributed by atoms with E-state index in [4.69, 9.17) is 11.6 Å². The highest BCUT2D eigenvalue weighted by Gasteiger charge is 2.20. The predicted octanol–water partition coefficient (Wildman–Crippen LogP) is 4.70. The first-order valence-corrected chi connectivity index (χ1v) is 10.3. The Morgan fingerprint density at radius 2 is 2.00 bits per heavy atom. The summed E-state index contributed by atoms with van der Waals surface area (Å²) in [6.45, 7) is 0. The number of carbonyl (C=O) groups is 1. The summed E-state index contributed by atoms with van der Waals surface area (Å²) < 4.78 is 0. The van der Waals surface area contributed by atoms with Crippen LogP contribution >= 0.6 is 34.7 Å². The van der Waals surface area contributed by atoms with E-state index in [1.165, 1.54) is 28.7 Å². The lowest BCUT2D eigenvalue weighted by molar-refractivity contribution is 0.0961. The van der Waals surface area contributed by atoms with E-state index in [1.54, 1.807) is 53.7 Å². The number of thioether (sulfide) groups is 1. The van der Waals surface area contributed by atoms with Crippen LogP contribution in [0.4, 0.5) is 0 Å². The number of amides is 1. The van der Waals surface area contributed by atoms with Gasteiger partial charge in [-0.15, -0.1) is 11.3 Å². The van der Waals surface area contributed by atoms with Crippen LogP contribution in [0.2, 0.25) is 5.02 Å². The van der Waals surface area contributed by atoms with Gasteiger partial charge in [0.15, 0.2) is 0 Å². The second kappa shape index (κ2) is 7.32. The fourth-order valence-electron chi connectivity index (χ4n) is 3.04. The first-order valence-electron chi connectivity index (χ1n) is 8.14. The smallest absolute Gasteiger partial charge is 0.251 e. The monoisotopic (exact) mass is 389 g/mol. The van der Waals surface area contributed by atoms with Gasteiger partial charge in [0.2, 0.25) is 0 Å². The van der Waals surface area contributed by atoms with Crippen molar-refractivity contribution in [3.05, 3.63) is 51.6 Å². The average Bonchev–Trinajstić information content (AvgIpc) is 3.01. The molecule has 4 rings (SSSR count). The van der Waals surface area contributed by atoms with Crippen LogP contribution < -0.4 is 5.32 Å². The highest BCUT2D eigenvalue weighted by molar-refractivity contribution is 7.99. The van der Waals surface area contributed by atoms with Crippen LogP contribution in [0.25, 0.3) is 10.2 Å². The fraction of sp³-hybridized carbons (Fsp3) is 0.278. The molecule has 0 fully saturated rings. The normalized spacial score (nSPS) is 13.6. The Labute approximate surface area is 159 Å². The molecule has 0 saturated carbocycles. The van der Waals surface area contributed by atoms with Crippen LogP contribution in [-0.2, 0) is 12.8 Å². The minimum atomic E-state index is -0.109. The number of aromatic nitrogens is 2. The number of hydrogen-bond donors (Lipinski definition) is 1. The first-order chi connectivity index (χ1) is 12.2. The zero-order valence-corrected chi connectivity index (χ0v) is 15.8. The lowest BCUT2D eigenvalue weighted by Crippen LogP contribution is -2.22. The Bertz CT molecular complexity index is 924. The quantitative estimate of drug-likeness (QED) is 0.399. The molecule has 128 valence electrons. The van der Waals surface area contributed by atoms with Gasteiger partial charge in [0.25, 0.3) is 5.91 Å². The molecule has 7 heteroatoms. The number of aryl methyl sites for hydroxylation is 2. The van der Waals surface area contributed by atoms with Crippen molar-refractivity contribution in [2.45, 2.75) is 30.7 Å². The Morgan fingerprint density at radius 3 is 2.84 bits per heavy atom. The maximum atomic E-state index is 12.2. The molecule has 1 aliphatic rings. The molecule has 4 nitrogen and oxygen atoms in total. The van der Waals surface area contributed by atoms with Gasteiger partial charge in [-0.1, -0.05) is 23.4 Å². The SMILES string of the molecule is O=C(NCSc1ncnc2sc3c(c12)CCCC3)c1ccc(Cl)cc1. The lowest BCUT2D eigenvalue weighted by Gasteiger charge is -2.11. The molecule has 0 radical (unpaired) electrons. The number of benzene rings is 1. The summed E-state index contributed by atoms with van der Waals surface area (Å²) in [6, 6.07) is 6.88. The van der Waals surface area contributed by atoms with Gasteiger partial charge < -0.3 is 5.32 Å². The van der Waals surface area contributed by atoms with E-state index in [0.29, 0.717) is 16.5 Å².